The van der Waals surface area contributed by atoms with Crippen molar-refractivity contribution in [3.05, 3.63) is 41.2 Å². The normalized spacial score (nSPS) is 15.8. The molecule has 0 unspecified atom stereocenters. The molecule has 1 aliphatic heterocycles. The van der Waals surface area contributed by atoms with Crippen LogP contribution in [-0.2, 0) is 11.3 Å². The highest BCUT2D eigenvalue weighted by molar-refractivity contribution is 6.30. The first-order chi connectivity index (χ1) is 12.0. The van der Waals surface area contributed by atoms with Crippen molar-refractivity contribution in [2.45, 2.75) is 25.4 Å². The minimum absolute atomic E-state index is 0. The second-order valence-electron chi connectivity index (χ2n) is 6.47. The predicted octanol–water partition coefficient (Wildman–Crippen LogP) is 3.40. The Morgan fingerprint density at radius 2 is 2.15 bits per heavy atom. The Bertz CT molecular complexity index is 730. The summed E-state index contributed by atoms with van der Waals surface area (Å²) < 4.78 is 5.58. The first kappa shape index (κ1) is 20.7. The second kappa shape index (κ2) is 9.37. The lowest BCUT2D eigenvalue weighted by Gasteiger charge is -2.35. The number of hydrogen-bond acceptors (Lipinski definition) is 5. The summed E-state index contributed by atoms with van der Waals surface area (Å²) >= 11 is 6.01. The predicted molar refractivity (Wildman–Crippen MR) is 103 cm³/mol. The number of nitrogens with zero attached hydrogens (tertiary/aromatic N) is 3. The molecule has 3 rings (SSSR count). The summed E-state index contributed by atoms with van der Waals surface area (Å²) in [6.45, 7) is 2.68. The molecule has 0 bridgehead atoms. The number of hydrogen-bond donors (Lipinski definition) is 1. The van der Waals surface area contributed by atoms with E-state index in [2.05, 4.69) is 9.88 Å². The van der Waals surface area contributed by atoms with E-state index in [4.69, 9.17) is 21.1 Å². The third-order valence-electron chi connectivity index (χ3n) is 4.57. The van der Waals surface area contributed by atoms with Crippen molar-refractivity contribution in [3.8, 4) is 11.5 Å². The van der Waals surface area contributed by atoms with Crippen LogP contribution in [0.15, 0.2) is 34.9 Å². The van der Waals surface area contributed by atoms with Crippen LogP contribution in [-0.4, -0.2) is 58.6 Å². The van der Waals surface area contributed by atoms with Gasteiger partial charge in [-0.05, 0) is 38.1 Å². The Kier molecular flexibility index (Phi) is 7.46. The summed E-state index contributed by atoms with van der Waals surface area (Å²) in [5, 5.41) is 9.55. The maximum absolute atomic E-state index is 10.8. The molecule has 2 aromatic rings. The quantitative estimate of drug-likeness (QED) is 0.802. The van der Waals surface area contributed by atoms with Crippen LogP contribution in [0.4, 0.5) is 0 Å². The van der Waals surface area contributed by atoms with Gasteiger partial charge >= 0.3 is 5.97 Å². The molecule has 0 aliphatic carbocycles. The Hall–Kier alpha value is -1.60. The van der Waals surface area contributed by atoms with Gasteiger partial charge < -0.3 is 9.52 Å². The standard InChI is InChI=1S/C18H22ClN3O3.ClH/c1-21(11-17(23)24)16-5-7-22(8-6-16)10-15-12-25-18(20-15)13-3-2-4-14(19)9-13;/h2-4,9,12,16H,5-8,10-11H2,1H3,(H,23,24);1H. The monoisotopic (exact) mass is 399 g/mol. The van der Waals surface area contributed by atoms with Crippen molar-refractivity contribution < 1.29 is 14.3 Å². The molecule has 2 heterocycles. The fourth-order valence-corrected chi connectivity index (χ4v) is 3.41. The lowest BCUT2D eigenvalue weighted by molar-refractivity contribution is -0.138. The van der Waals surface area contributed by atoms with Gasteiger partial charge in [0.2, 0.25) is 5.89 Å². The third-order valence-corrected chi connectivity index (χ3v) is 4.81. The molecule has 1 N–H and O–H groups in total. The minimum Gasteiger partial charge on any atom is -0.480 e. The van der Waals surface area contributed by atoms with Gasteiger partial charge in [0.1, 0.15) is 6.26 Å². The highest BCUT2D eigenvalue weighted by Crippen LogP contribution is 2.23. The van der Waals surface area contributed by atoms with Gasteiger partial charge in [-0.25, -0.2) is 4.98 Å². The van der Waals surface area contributed by atoms with E-state index >= 15 is 0 Å². The number of oxazole rings is 1. The average molecular weight is 400 g/mol. The molecule has 0 atom stereocenters. The van der Waals surface area contributed by atoms with Gasteiger partial charge in [-0.3, -0.25) is 14.6 Å². The van der Waals surface area contributed by atoms with E-state index in [1.165, 1.54) is 0 Å². The van der Waals surface area contributed by atoms with E-state index in [1.54, 1.807) is 6.26 Å². The van der Waals surface area contributed by atoms with Crippen LogP contribution in [0.1, 0.15) is 18.5 Å². The van der Waals surface area contributed by atoms with Crippen molar-refractivity contribution in [1.82, 2.24) is 14.8 Å². The lowest BCUT2D eigenvalue weighted by Crippen LogP contribution is -2.44. The van der Waals surface area contributed by atoms with Gasteiger partial charge in [0.25, 0.3) is 0 Å². The summed E-state index contributed by atoms with van der Waals surface area (Å²) in [5.41, 5.74) is 1.76. The number of piperidine rings is 1. The minimum atomic E-state index is -0.777. The van der Waals surface area contributed by atoms with Gasteiger partial charge in [0.15, 0.2) is 0 Å². The molecule has 1 saturated heterocycles. The van der Waals surface area contributed by atoms with Crippen molar-refractivity contribution in [2.75, 3.05) is 26.7 Å². The van der Waals surface area contributed by atoms with E-state index in [-0.39, 0.29) is 19.0 Å². The van der Waals surface area contributed by atoms with Gasteiger partial charge in [-0.2, -0.15) is 0 Å². The molecule has 1 aliphatic rings. The molecule has 0 saturated carbocycles. The van der Waals surface area contributed by atoms with Crippen LogP contribution < -0.4 is 0 Å². The molecule has 6 nitrogen and oxygen atoms in total. The number of halogens is 2. The zero-order valence-electron chi connectivity index (χ0n) is 14.6. The summed E-state index contributed by atoms with van der Waals surface area (Å²) in [5.74, 6) is -0.199. The van der Waals surface area contributed by atoms with E-state index < -0.39 is 5.97 Å². The first-order valence-corrected chi connectivity index (χ1v) is 8.74. The maximum Gasteiger partial charge on any atom is 0.317 e. The van der Waals surface area contributed by atoms with E-state index in [0.29, 0.717) is 17.0 Å². The first-order valence-electron chi connectivity index (χ1n) is 8.36. The van der Waals surface area contributed by atoms with Crippen molar-refractivity contribution >= 4 is 30.0 Å². The SMILES string of the molecule is CN(CC(=O)O)C1CCN(Cc2coc(-c3cccc(Cl)c3)n2)CC1.Cl. The number of carbonyl (C=O) groups is 1. The summed E-state index contributed by atoms with van der Waals surface area (Å²) in [7, 11) is 1.88. The smallest absolute Gasteiger partial charge is 0.317 e. The van der Waals surface area contributed by atoms with E-state index in [0.717, 1.165) is 43.7 Å². The zero-order chi connectivity index (χ0) is 17.8. The van der Waals surface area contributed by atoms with Crippen LogP contribution >= 0.6 is 24.0 Å². The Labute approximate surface area is 164 Å². The van der Waals surface area contributed by atoms with Crippen LogP contribution in [0, 0.1) is 0 Å². The van der Waals surface area contributed by atoms with Crippen LogP contribution in [0.2, 0.25) is 5.02 Å². The Morgan fingerprint density at radius 1 is 1.42 bits per heavy atom. The van der Waals surface area contributed by atoms with Gasteiger partial charge in [0.05, 0.1) is 12.2 Å². The largest absolute Gasteiger partial charge is 0.480 e. The van der Waals surface area contributed by atoms with Crippen molar-refractivity contribution in [1.29, 1.82) is 0 Å². The second-order valence-corrected chi connectivity index (χ2v) is 6.91. The summed E-state index contributed by atoms with van der Waals surface area (Å²) in [4.78, 5) is 19.6. The maximum atomic E-state index is 10.8. The molecule has 0 amide bonds. The number of carboxylic acid groups (broad SMARTS) is 1. The number of likely N-dealkylation sites (N-methyl/N-ethyl adjacent to an activating group) is 1. The fraction of sp³-hybridized carbons (Fsp3) is 0.444. The summed E-state index contributed by atoms with van der Waals surface area (Å²) in [6, 6.07) is 7.78. The molecule has 1 fully saturated rings. The molecular weight excluding hydrogens is 377 g/mol. The highest BCUT2D eigenvalue weighted by Gasteiger charge is 2.24. The third kappa shape index (κ3) is 5.45. The zero-order valence-corrected chi connectivity index (χ0v) is 16.2. The van der Waals surface area contributed by atoms with Crippen LogP contribution in [0.3, 0.4) is 0 Å². The molecule has 142 valence electrons. The van der Waals surface area contributed by atoms with E-state index in [1.807, 2.05) is 36.2 Å². The molecule has 0 radical (unpaired) electrons. The summed E-state index contributed by atoms with van der Waals surface area (Å²) in [6.07, 6.45) is 3.62. The molecular formula is C18H23Cl2N3O3. The highest BCUT2D eigenvalue weighted by atomic mass is 35.5. The number of benzene rings is 1. The number of aromatic nitrogens is 1. The fourth-order valence-electron chi connectivity index (χ4n) is 3.22. The number of carboxylic acids is 1. The number of aliphatic carboxylic acids is 1. The van der Waals surface area contributed by atoms with Gasteiger partial charge in [-0.15, -0.1) is 12.4 Å². The van der Waals surface area contributed by atoms with Crippen LogP contribution in [0.25, 0.3) is 11.5 Å². The number of rotatable bonds is 6. The molecule has 1 aromatic carbocycles. The van der Waals surface area contributed by atoms with Gasteiger partial charge in [0, 0.05) is 36.3 Å². The van der Waals surface area contributed by atoms with Gasteiger partial charge in [-0.1, -0.05) is 17.7 Å². The van der Waals surface area contributed by atoms with Crippen LogP contribution in [0.5, 0.6) is 0 Å². The van der Waals surface area contributed by atoms with E-state index in [9.17, 15) is 4.79 Å². The molecule has 26 heavy (non-hydrogen) atoms. The van der Waals surface area contributed by atoms with Crippen molar-refractivity contribution in [3.63, 3.8) is 0 Å². The Balaban J connectivity index is 0.00000243. The molecule has 1 aromatic heterocycles. The molecule has 0 spiro atoms. The topological polar surface area (TPSA) is 69.8 Å². The average Bonchev–Trinajstić information content (AvgIpc) is 3.03. The van der Waals surface area contributed by atoms with Crippen molar-refractivity contribution in [2.24, 2.45) is 0 Å². The Morgan fingerprint density at radius 3 is 2.81 bits per heavy atom. The lowest BCUT2D eigenvalue weighted by atomic mass is 10.0. The number of likely N-dealkylation sites (tertiary alicyclic amines) is 1. The molecule has 8 heteroatoms.